The van der Waals surface area contributed by atoms with Gasteiger partial charge in [-0.25, -0.2) is 0 Å². The maximum absolute atomic E-state index is 4.28. The van der Waals surface area contributed by atoms with Crippen molar-refractivity contribution in [3.05, 3.63) is 42.2 Å². The molecule has 108 valence electrons. The number of hydrogen-bond acceptors (Lipinski definition) is 3. The van der Waals surface area contributed by atoms with Crippen LogP contribution in [0.4, 0.5) is 11.4 Å². The Hall–Kier alpha value is -1.97. The molecule has 4 nitrogen and oxygen atoms in total. The van der Waals surface area contributed by atoms with Gasteiger partial charge in [-0.05, 0) is 45.0 Å². The molecule has 1 aromatic carbocycles. The summed E-state index contributed by atoms with van der Waals surface area (Å²) in [5.74, 6) is 0. The highest BCUT2D eigenvalue weighted by molar-refractivity contribution is 5.55. The summed E-state index contributed by atoms with van der Waals surface area (Å²) < 4.78 is 1.94. The minimum Gasteiger partial charge on any atom is -0.381 e. The fraction of sp³-hybridized carbons (Fsp3) is 0.438. The third kappa shape index (κ3) is 3.53. The molecule has 1 N–H and O–H groups in total. The standard InChI is InChI=1S/C16H24N4/c1-4-19(5-2)16-9-7-15(8-10-16)17-11-14-12-18-20(6-3)13-14/h7-10,12-13,17H,4-6,11H2,1-3H3. The lowest BCUT2D eigenvalue weighted by Gasteiger charge is -2.21. The number of nitrogens with one attached hydrogen (secondary N) is 1. The Bertz CT molecular complexity index is 512. The summed E-state index contributed by atoms with van der Waals surface area (Å²) in [7, 11) is 0. The zero-order valence-electron chi connectivity index (χ0n) is 12.6. The van der Waals surface area contributed by atoms with Gasteiger partial charge in [0.25, 0.3) is 0 Å². The fourth-order valence-corrected chi connectivity index (χ4v) is 2.25. The maximum atomic E-state index is 4.28. The van der Waals surface area contributed by atoms with Crippen LogP contribution < -0.4 is 10.2 Å². The Morgan fingerprint density at radius 2 is 1.80 bits per heavy atom. The van der Waals surface area contributed by atoms with Crippen LogP contribution in [0.25, 0.3) is 0 Å². The minimum absolute atomic E-state index is 0.810. The molecule has 0 amide bonds. The van der Waals surface area contributed by atoms with Crippen LogP contribution in [0.15, 0.2) is 36.7 Å². The van der Waals surface area contributed by atoms with Gasteiger partial charge in [0.05, 0.1) is 6.20 Å². The van der Waals surface area contributed by atoms with Gasteiger partial charge >= 0.3 is 0 Å². The van der Waals surface area contributed by atoms with Gasteiger partial charge in [0.2, 0.25) is 0 Å². The number of rotatable bonds is 7. The molecule has 0 atom stereocenters. The number of nitrogens with zero attached hydrogens (tertiary/aromatic N) is 3. The molecule has 0 bridgehead atoms. The minimum atomic E-state index is 0.810. The maximum Gasteiger partial charge on any atom is 0.0539 e. The third-order valence-electron chi connectivity index (χ3n) is 3.50. The van der Waals surface area contributed by atoms with Crippen molar-refractivity contribution in [2.24, 2.45) is 0 Å². The highest BCUT2D eigenvalue weighted by Crippen LogP contribution is 2.18. The average Bonchev–Trinajstić information content (AvgIpc) is 2.96. The van der Waals surface area contributed by atoms with Gasteiger partial charge in [0.15, 0.2) is 0 Å². The summed E-state index contributed by atoms with van der Waals surface area (Å²) in [6.07, 6.45) is 4.00. The predicted octanol–water partition coefficient (Wildman–Crippen LogP) is 3.36. The Balaban J connectivity index is 1.93. The lowest BCUT2D eigenvalue weighted by molar-refractivity contribution is 0.659. The van der Waals surface area contributed by atoms with Crippen LogP contribution in [0.3, 0.4) is 0 Å². The Labute approximate surface area is 121 Å². The van der Waals surface area contributed by atoms with Gasteiger partial charge < -0.3 is 10.2 Å². The summed E-state index contributed by atoms with van der Waals surface area (Å²) in [6, 6.07) is 8.62. The topological polar surface area (TPSA) is 33.1 Å². The van der Waals surface area contributed by atoms with Crippen LogP contribution >= 0.6 is 0 Å². The Morgan fingerprint density at radius 3 is 2.35 bits per heavy atom. The fourth-order valence-electron chi connectivity index (χ4n) is 2.25. The summed E-state index contributed by atoms with van der Waals surface area (Å²) in [5.41, 5.74) is 3.63. The van der Waals surface area contributed by atoms with Crippen molar-refractivity contribution in [2.75, 3.05) is 23.3 Å². The van der Waals surface area contributed by atoms with E-state index in [4.69, 9.17) is 0 Å². The van der Waals surface area contributed by atoms with Crippen LogP contribution in [-0.2, 0) is 13.1 Å². The van der Waals surface area contributed by atoms with Crippen LogP contribution in [-0.4, -0.2) is 22.9 Å². The zero-order valence-corrected chi connectivity index (χ0v) is 12.6. The van der Waals surface area contributed by atoms with Crippen LogP contribution in [0.1, 0.15) is 26.3 Å². The molecule has 0 unspecified atom stereocenters. The molecule has 0 spiro atoms. The number of anilines is 2. The second-order valence-electron chi connectivity index (χ2n) is 4.78. The van der Waals surface area contributed by atoms with Gasteiger partial charge in [-0.1, -0.05) is 0 Å². The summed E-state index contributed by atoms with van der Waals surface area (Å²) in [5, 5.41) is 7.71. The first-order valence-electron chi connectivity index (χ1n) is 7.37. The predicted molar refractivity (Wildman–Crippen MR) is 85.2 cm³/mol. The van der Waals surface area contributed by atoms with Gasteiger partial charge in [0, 0.05) is 49.3 Å². The molecule has 0 aliphatic heterocycles. The second kappa shape index (κ2) is 6.98. The molecule has 20 heavy (non-hydrogen) atoms. The van der Waals surface area contributed by atoms with E-state index in [0.29, 0.717) is 0 Å². The molecular formula is C16H24N4. The molecule has 0 aliphatic carbocycles. The lowest BCUT2D eigenvalue weighted by Crippen LogP contribution is -2.21. The number of benzene rings is 1. The highest BCUT2D eigenvalue weighted by atomic mass is 15.3. The molecule has 0 saturated carbocycles. The molecular weight excluding hydrogens is 248 g/mol. The van der Waals surface area contributed by atoms with Crippen LogP contribution in [0.2, 0.25) is 0 Å². The monoisotopic (exact) mass is 272 g/mol. The molecule has 2 aromatic rings. The normalized spacial score (nSPS) is 10.6. The van der Waals surface area contributed by atoms with Crippen molar-refractivity contribution >= 4 is 11.4 Å². The zero-order chi connectivity index (χ0) is 14.4. The Morgan fingerprint density at radius 1 is 1.10 bits per heavy atom. The first-order valence-corrected chi connectivity index (χ1v) is 7.37. The summed E-state index contributed by atoms with van der Waals surface area (Å²) in [6.45, 7) is 10.3. The van der Waals surface area contributed by atoms with Crippen molar-refractivity contribution in [3.63, 3.8) is 0 Å². The molecule has 0 radical (unpaired) electrons. The third-order valence-corrected chi connectivity index (χ3v) is 3.50. The highest BCUT2D eigenvalue weighted by Gasteiger charge is 2.02. The largest absolute Gasteiger partial charge is 0.381 e. The molecule has 1 heterocycles. The molecule has 4 heteroatoms. The molecule has 0 fully saturated rings. The van der Waals surface area contributed by atoms with E-state index in [2.05, 4.69) is 66.5 Å². The van der Waals surface area contributed by atoms with Crippen molar-refractivity contribution in [1.29, 1.82) is 0 Å². The second-order valence-corrected chi connectivity index (χ2v) is 4.78. The SMILES string of the molecule is CCN(CC)c1ccc(NCc2cnn(CC)c2)cc1. The molecule has 1 aromatic heterocycles. The van der Waals surface area contributed by atoms with Crippen molar-refractivity contribution in [1.82, 2.24) is 9.78 Å². The van der Waals surface area contributed by atoms with Crippen LogP contribution in [0.5, 0.6) is 0 Å². The first-order chi connectivity index (χ1) is 9.76. The van der Waals surface area contributed by atoms with Gasteiger partial charge in [0.1, 0.15) is 0 Å². The van der Waals surface area contributed by atoms with E-state index in [-0.39, 0.29) is 0 Å². The van der Waals surface area contributed by atoms with E-state index >= 15 is 0 Å². The van der Waals surface area contributed by atoms with Gasteiger partial charge in [-0.15, -0.1) is 0 Å². The molecule has 0 saturated heterocycles. The molecule has 2 rings (SSSR count). The van der Waals surface area contributed by atoms with Gasteiger partial charge in [-0.2, -0.15) is 5.10 Å². The first kappa shape index (κ1) is 14.4. The van der Waals surface area contributed by atoms with E-state index < -0.39 is 0 Å². The summed E-state index contributed by atoms with van der Waals surface area (Å²) >= 11 is 0. The van der Waals surface area contributed by atoms with Crippen molar-refractivity contribution in [3.8, 4) is 0 Å². The smallest absolute Gasteiger partial charge is 0.0539 e. The summed E-state index contributed by atoms with van der Waals surface area (Å²) in [4.78, 5) is 2.34. The van der Waals surface area contributed by atoms with E-state index in [9.17, 15) is 0 Å². The average molecular weight is 272 g/mol. The van der Waals surface area contributed by atoms with Crippen molar-refractivity contribution in [2.45, 2.75) is 33.9 Å². The van der Waals surface area contributed by atoms with Gasteiger partial charge in [-0.3, -0.25) is 4.68 Å². The number of hydrogen-bond donors (Lipinski definition) is 1. The molecule has 0 aliphatic rings. The van der Waals surface area contributed by atoms with E-state index in [1.165, 1.54) is 11.3 Å². The lowest BCUT2D eigenvalue weighted by atomic mass is 10.2. The van der Waals surface area contributed by atoms with E-state index in [1.54, 1.807) is 0 Å². The Kier molecular flexibility index (Phi) is 5.04. The van der Waals surface area contributed by atoms with E-state index in [0.717, 1.165) is 31.9 Å². The van der Waals surface area contributed by atoms with E-state index in [1.807, 2.05) is 10.9 Å². The van der Waals surface area contributed by atoms with Crippen molar-refractivity contribution < 1.29 is 0 Å². The van der Waals surface area contributed by atoms with Crippen LogP contribution in [0, 0.1) is 0 Å². The number of aryl methyl sites for hydroxylation is 1. The quantitative estimate of drug-likeness (QED) is 0.839. The number of aromatic nitrogens is 2.